The van der Waals surface area contributed by atoms with Crippen LogP contribution in [0.5, 0.6) is 0 Å². The number of rotatable bonds is 7. The van der Waals surface area contributed by atoms with Crippen LogP contribution in [0.4, 0.5) is 0 Å². The van der Waals surface area contributed by atoms with Crippen molar-refractivity contribution in [3.05, 3.63) is 35.9 Å². The van der Waals surface area contributed by atoms with E-state index in [1.165, 1.54) is 0 Å². The van der Waals surface area contributed by atoms with Gasteiger partial charge in [-0.15, -0.1) is 0 Å². The first-order valence-electron chi connectivity index (χ1n) is 7.69. The van der Waals surface area contributed by atoms with Crippen molar-refractivity contribution in [2.24, 2.45) is 5.92 Å². The van der Waals surface area contributed by atoms with E-state index in [1.807, 2.05) is 37.3 Å². The summed E-state index contributed by atoms with van der Waals surface area (Å²) >= 11 is 0. The smallest absolute Gasteiger partial charge is 0.308 e. The van der Waals surface area contributed by atoms with E-state index in [0.717, 1.165) is 31.2 Å². The first-order chi connectivity index (χ1) is 10.3. The summed E-state index contributed by atoms with van der Waals surface area (Å²) in [7, 11) is 0. The summed E-state index contributed by atoms with van der Waals surface area (Å²) < 4.78 is 16.3. The Morgan fingerprint density at radius 2 is 1.86 bits per heavy atom. The van der Waals surface area contributed by atoms with E-state index in [0.29, 0.717) is 20.0 Å². The fourth-order valence-electron chi connectivity index (χ4n) is 2.60. The van der Waals surface area contributed by atoms with Gasteiger partial charge in [0.25, 0.3) is 0 Å². The second-order valence-electron chi connectivity index (χ2n) is 5.34. The second-order valence-corrected chi connectivity index (χ2v) is 5.34. The lowest BCUT2D eigenvalue weighted by Gasteiger charge is -2.27. The lowest BCUT2D eigenvalue weighted by Crippen LogP contribution is -2.28. The van der Waals surface area contributed by atoms with E-state index in [2.05, 4.69) is 0 Å². The van der Waals surface area contributed by atoms with Crippen LogP contribution in [0.15, 0.2) is 30.3 Å². The van der Waals surface area contributed by atoms with E-state index in [9.17, 15) is 4.79 Å². The molecule has 0 bridgehead atoms. The Kier molecular flexibility index (Phi) is 6.70. The molecule has 2 rings (SSSR count). The third-order valence-electron chi connectivity index (χ3n) is 3.79. The van der Waals surface area contributed by atoms with Crippen LogP contribution in [0.1, 0.15) is 38.2 Å². The van der Waals surface area contributed by atoms with Gasteiger partial charge in [-0.05, 0) is 38.2 Å². The molecule has 1 aromatic carbocycles. The van der Waals surface area contributed by atoms with Crippen molar-refractivity contribution in [1.29, 1.82) is 0 Å². The molecule has 116 valence electrons. The van der Waals surface area contributed by atoms with Crippen molar-refractivity contribution in [3.8, 4) is 0 Å². The number of ether oxygens (including phenoxy) is 3. The van der Waals surface area contributed by atoms with Gasteiger partial charge in [-0.3, -0.25) is 4.79 Å². The van der Waals surface area contributed by atoms with Crippen LogP contribution in [-0.4, -0.2) is 25.5 Å². The molecule has 0 saturated heterocycles. The van der Waals surface area contributed by atoms with Gasteiger partial charge in [0.1, 0.15) is 6.79 Å². The highest BCUT2D eigenvalue weighted by Crippen LogP contribution is 2.27. The van der Waals surface area contributed by atoms with Crippen LogP contribution >= 0.6 is 0 Å². The third kappa shape index (κ3) is 5.48. The standard InChI is InChI=1S/C17H24O4/c1-2-20-17(18)15-8-10-16(11-9-15)21-13-19-12-14-6-4-3-5-7-14/h3-7,15-16H,2,8-13H2,1H3. The lowest BCUT2D eigenvalue weighted by molar-refractivity contribution is -0.151. The molecule has 1 aliphatic rings. The maximum atomic E-state index is 11.6. The molecule has 0 amide bonds. The SMILES string of the molecule is CCOC(=O)C1CCC(OCOCc2ccccc2)CC1. The largest absolute Gasteiger partial charge is 0.466 e. The van der Waals surface area contributed by atoms with Gasteiger partial charge in [-0.25, -0.2) is 0 Å². The van der Waals surface area contributed by atoms with Crippen molar-refractivity contribution in [1.82, 2.24) is 0 Å². The highest BCUT2D eigenvalue weighted by atomic mass is 16.7. The Balaban J connectivity index is 1.58. The van der Waals surface area contributed by atoms with Gasteiger partial charge in [0.2, 0.25) is 0 Å². The zero-order chi connectivity index (χ0) is 14.9. The van der Waals surface area contributed by atoms with Crippen LogP contribution in [0.25, 0.3) is 0 Å². The molecule has 1 fully saturated rings. The van der Waals surface area contributed by atoms with Gasteiger partial charge in [0, 0.05) is 0 Å². The zero-order valence-electron chi connectivity index (χ0n) is 12.6. The Labute approximate surface area is 126 Å². The molecule has 0 radical (unpaired) electrons. The highest BCUT2D eigenvalue weighted by Gasteiger charge is 2.27. The first-order valence-corrected chi connectivity index (χ1v) is 7.69. The minimum atomic E-state index is -0.0590. The molecule has 21 heavy (non-hydrogen) atoms. The Morgan fingerprint density at radius 3 is 2.52 bits per heavy atom. The maximum absolute atomic E-state index is 11.6. The number of hydrogen-bond donors (Lipinski definition) is 0. The average Bonchev–Trinajstić information content (AvgIpc) is 2.53. The van der Waals surface area contributed by atoms with Crippen LogP contribution < -0.4 is 0 Å². The molecule has 4 heteroatoms. The monoisotopic (exact) mass is 292 g/mol. The maximum Gasteiger partial charge on any atom is 0.308 e. The molecule has 0 spiro atoms. The molecule has 1 aromatic rings. The zero-order valence-corrected chi connectivity index (χ0v) is 12.6. The molecule has 1 saturated carbocycles. The van der Waals surface area contributed by atoms with Crippen LogP contribution in [0, 0.1) is 5.92 Å². The second kappa shape index (κ2) is 8.80. The summed E-state index contributed by atoms with van der Waals surface area (Å²) in [4.78, 5) is 11.6. The average molecular weight is 292 g/mol. The number of benzene rings is 1. The summed E-state index contributed by atoms with van der Waals surface area (Å²) in [5.41, 5.74) is 1.15. The fourth-order valence-corrected chi connectivity index (χ4v) is 2.60. The van der Waals surface area contributed by atoms with E-state index < -0.39 is 0 Å². The molecule has 0 aliphatic heterocycles. The Hall–Kier alpha value is -1.39. The van der Waals surface area contributed by atoms with Crippen molar-refractivity contribution < 1.29 is 19.0 Å². The van der Waals surface area contributed by atoms with Crippen molar-refractivity contribution in [3.63, 3.8) is 0 Å². The summed E-state index contributed by atoms with van der Waals surface area (Å²) in [6, 6.07) is 10.0. The number of carbonyl (C=O) groups is 1. The van der Waals surface area contributed by atoms with Crippen molar-refractivity contribution >= 4 is 5.97 Å². The molecule has 0 heterocycles. The number of esters is 1. The molecule has 0 atom stereocenters. The van der Waals surface area contributed by atoms with E-state index in [-0.39, 0.29) is 18.0 Å². The molecule has 1 aliphatic carbocycles. The lowest BCUT2D eigenvalue weighted by atomic mass is 9.87. The van der Waals surface area contributed by atoms with Gasteiger partial charge in [-0.1, -0.05) is 30.3 Å². The minimum absolute atomic E-state index is 0.0510. The highest BCUT2D eigenvalue weighted by molar-refractivity contribution is 5.72. The molecular formula is C17H24O4. The topological polar surface area (TPSA) is 44.8 Å². The number of carbonyl (C=O) groups excluding carboxylic acids is 1. The molecule has 0 unspecified atom stereocenters. The fraction of sp³-hybridized carbons (Fsp3) is 0.588. The summed E-state index contributed by atoms with van der Waals surface area (Å²) in [5.74, 6) is -0.00804. The first kappa shape index (κ1) is 16.0. The van der Waals surface area contributed by atoms with E-state index in [1.54, 1.807) is 0 Å². The van der Waals surface area contributed by atoms with Gasteiger partial charge >= 0.3 is 5.97 Å². The quantitative estimate of drug-likeness (QED) is 0.439. The minimum Gasteiger partial charge on any atom is -0.466 e. The molecule has 0 aromatic heterocycles. The third-order valence-corrected chi connectivity index (χ3v) is 3.79. The normalized spacial score (nSPS) is 22.0. The predicted molar refractivity (Wildman–Crippen MR) is 79.6 cm³/mol. The molecule has 4 nitrogen and oxygen atoms in total. The molecule has 0 N–H and O–H groups in total. The van der Waals surface area contributed by atoms with E-state index >= 15 is 0 Å². The number of hydrogen-bond acceptors (Lipinski definition) is 4. The van der Waals surface area contributed by atoms with Gasteiger partial charge in [0.05, 0.1) is 25.2 Å². The molecular weight excluding hydrogens is 268 g/mol. The Morgan fingerprint density at radius 1 is 1.14 bits per heavy atom. The van der Waals surface area contributed by atoms with Crippen LogP contribution in [0.3, 0.4) is 0 Å². The predicted octanol–water partition coefficient (Wildman–Crippen LogP) is 3.30. The van der Waals surface area contributed by atoms with Crippen molar-refractivity contribution in [2.45, 2.75) is 45.3 Å². The Bertz CT molecular complexity index is 410. The summed E-state index contributed by atoms with van der Waals surface area (Å²) in [6.45, 7) is 3.18. The van der Waals surface area contributed by atoms with Gasteiger partial charge in [0.15, 0.2) is 0 Å². The van der Waals surface area contributed by atoms with Crippen molar-refractivity contribution in [2.75, 3.05) is 13.4 Å². The summed E-state index contributed by atoms with van der Waals surface area (Å²) in [5, 5.41) is 0. The van der Waals surface area contributed by atoms with E-state index in [4.69, 9.17) is 14.2 Å². The summed E-state index contributed by atoms with van der Waals surface area (Å²) in [6.07, 6.45) is 3.70. The van der Waals surface area contributed by atoms with Crippen LogP contribution in [-0.2, 0) is 25.6 Å². The van der Waals surface area contributed by atoms with Gasteiger partial charge < -0.3 is 14.2 Å². The van der Waals surface area contributed by atoms with Gasteiger partial charge in [-0.2, -0.15) is 0 Å². The van der Waals surface area contributed by atoms with Crippen LogP contribution in [0.2, 0.25) is 0 Å².